The SMILES string of the molecule is CC(C)c1cccc(C(C)C)c1NC(=O)c1ccc([NH+]=Cc2ccc(/C=[N+](/[O-])c3ccc(C(=O)Nc4c(C(C)C)cccc4C(C)C)cc3)s2)cc1. The van der Waals surface area contributed by atoms with E-state index in [0.717, 1.165) is 53.8 Å². The summed E-state index contributed by atoms with van der Waals surface area (Å²) in [6, 6.07) is 30.2. The number of nitrogens with one attached hydrogen (secondary N) is 3. The fourth-order valence-corrected chi connectivity index (χ4v) is 6.91. The zero-order valence-electron chi connectivity index (χ0n) is 31.3. The number of thiophene rings is 1. The number of nitrogens with zero attached hydrogens (tertiary/aromatic N) is 1. The predicted octanol–water partition coefficient (Wildman–Crippen LogP) is 9.84. The molecular formula is C44H49N4O3S+. The largest absolute Gasteiger partial charge is 0.618 e. The summed E-state index contributed by atoms with van der Waals surface area (Å²) in [4.78, 5) is 31.5. The van der Waals surface area contributed by atoms with E-state index in [1.165, 1.54) is 17.6 Å². The van der Waals surface area contributed by atoms with Crippen LogP contribution in [0.1, 0.15) is 132 Å². The van der Waals surface area contributed by atoms with Crippen LogP contribution in [-0.4, -0.2) is 29.0 Å². The van der Waals surface area contributed by atoms with E-state index in [9.17, 15) is 14.8 Å². The molecule has 0 saturated carbocycles. The van der Waals surface area contributed by atoms with E-state index >= 15 is 0 Å². The number of rotatable bonds is 12. The van der Waals surface area contributed by atoms with Crippen molar-refractivity contribution < 1.29 is 19.3 Å². The number of para-hydroxylation sites is 2. The Kier molecular flexibility index (Phi) is 12.2. The zero-order chi connectivity index (χ0) is 37.5. The highest BCUT2D eigenvalue weighted by Gasteiger charge is 2.19. The van der Waals surface area contributed by atoms with Gasteiger partial charge in [0.2, 0.25) is 11.4 Å². The lowest BCUT2D eigenvalue weighted by atomic mass is 9.92. The Morgan fingerprint density at radius 2 is 1.00 bits per heavy atom. The number of hydrogen-bond donors (Lipinski definition) is 3. The summed E-state index contributed by atoms with van der Waals surface area (Å²) >= 11 is 1.46. The monoisotopic (exact) mass is 713 g/mol. The molecule has 7 nitrogen and oxygen atoms in total. The highest BCUT2D eigenvalue weighted by molar-refractivity contribution is 7.15. The normalized spacial score (nSPS) is 12.0. The second-order valence-corrected chi connectivity index (χ2v) is 15.4. The number of amides is 2. The van der Waals surface area contributed by atoms with Gasteiger partial charge in [-0.3, -0.25) is 9.59 Å². The standard InChI is InChI=1S/C44H48N4O3S/c1-27(2)37-11-9-12-38(28(3)4)41(37)46-43(49)31-15-19-33(20-16-31)45-25-35-23-24-36(52-35)26-48(51)34-21-17-32(18-22-34)44(50)47-42-39(29(5)6)13-10-14-40(42)30(7)8/h9-30H,1-8H3,(H,46,49)(H,47,50)/p+1/b45-25?,48-26+. The minimum absolute atomic E-state index is 0.142. The van der Waals surface area contributed by atoms with Crippen LogP contribution in [0.15, 0.2) is 97.1 Å². The second kappa shape index (κ2) is 16.8. The van der Waals surface area contributed by atoms with E-state index in [1.807, 2.05) is 48.7 Å². The van der Waals surface area contributed by atoms with Crippen LogP contribution in [0, 0.1) is 5.21 Å². The number of anilines is 2. The summed E-state index contributed by atoms with van der Waals surface area (Å²) in [5.41, 5.74) is 8.54. The first-order valence-corrected chi connectivity index (χ1v) is 18.7. The van der Waals surface area contributed by atoms with Crippen molar-refractivity contribution in [3.63, 3.8) is 0 Å². The Balaban J connectivity index is 1.22. The van der Waals surface area contributed by atoms with E-state index in [4.69, 9.17) is 0 Å². The van der Waals surface area contributed by atoms with Gasteiger partial charge in [0.05, 0.1) is 9.75 Å². The van der Waals surface area contributed by atoms with Crippen molar-refractivity contribution in [2.75, 3.05) is 10.6 Å². The van der Waals surface area contributed by atoms with Crippen LogP contribution in [0.25, 0.3) is 0 Å². The maximum atomic E-state index is 13.2. The molecule has 1 heterocycles. The number of carbonyl (C=O) groups excluding carboxylic acids is 2. The van der Waals surface area contributed by atoms with E-state index in [0.29, 0.717) is 16.8 Å². The molecule has 0 spiro atoms. The average Bonchev–Trinajstić information content (AvgIpc) is 3.57. The maximum absolute atomic E-state index is 13.2. The molecule has 0 aliphatic carbocycles. The van der Waals surface area contributed by atoms with Crippen LogP contribution in [0.2, 0.25) is 0 Å². The van der Waals surface area contributed by atoms with Crippen molar-refractivity contribution in [3.05, 3.63) is 145 Å². The van der Waals surface area contributed by atoms with Gasteiger partial charge in [0.15, 0.2) is 12.4 Å². The molecule has 0 saturated heterocycles. The molecule has 0 radical (unpaired) electrons. The van der Waals surface area contributed by atoms with Gasteiger partial charge in [0.25, 0.3) is 11.8 Å². The van der Waals surface area contributed by atoms with Crippen molar-refractivity contribution in [2.24, 2.45) is 0 Å². The van der Waals surface area contributed by atoms with E-state index in [2.05, 4.69) is 101 Å². The molecule has 0 aliphatic heterocycles. The van der Waals surface area contributed by atoms with Crippen LogP contribution < -0.4 is 15.6 Å². The molecule has 52 heavy (non-hydrogen) atoms. The van der Waals surface area contributed by atoms with Gasteiger partial charge in [0.1, 0.15) is 0 Å². The topological polar surface area (TPSA) is 98.2 Å². The molecule has 0 atom stereocenters. The molecule has 0 bridgehead atoms. The number of benzene rings is 4. The first kappa shape index (κ1) is 37.9. The van der Waals surface area contributed by atoms with Gasteiger partial charge in [-0.05, 0) is 82.3 Å². The molecule has 0 fully saturated rings. The van der Waals surface area contributed by atoms with E-state index < -0.39 is 0 Å². The lowest BCUT2D eigenvalue weighted by Crippen LogP contribution is -2.61. The Morgan fingerprint density at radius 1 is 0.596 bits per heavy atom. The first-order valence-electron chi connectivity index (χ1n) is 17.9. The molecular weight excluding hydrogens is 665 g/mol. The van der Waals surface area contributed by atoms with E-state index in [-0.39, 0.29) is 35.5 Å². The maximum Gasteiger partial charge on any atom is 0.255 e. The molecule has 8 heteroatoms. The van der Waals surface area contributed by atoms with Crippen LogP contribution in [0.4, 0.5) is 22.7 Å². The first-order chi connectivity index (χ1) is 24.8. The Bertz CT molecular complexity index is 2040. The van der Waals surface area contributed by atoms with Crippen molar-refractivity contribution in [3.8, 4) is 0 Å². The van der Waals surface area contributed by atoms with Crippen molar-refractivity contribution in [1.82, 2.24) is 0 Å². The zero-order valence-corrected chi connectivity index (χ0v) is 32.1. The molecule has 268 valence electrons. The number of hydrogen-bond acceptors (Lipinski definition) is 4. The van der Waals surface area contributed by atoms with Gasteiger partial charge >= 0.3 is 0 Å². The third-order valence-corrected chi connectivity index (χ3v) is 9.99. The molecule has 2 amide bonds. The van der Waals surface area contributed by atoms with Crippen LogP contribution >= 0.6 is 11.3 Å². The fourth-order valence-electron chi connectivity index (χ4n) is 6.10. The second-order valence-electron chi connectivity index (χ2n) is 14.3. The minimum Gasteiger partial charge on any atom is -0.618 e. The van der Waals surface area contributed by atoms with Gasteiger partial charge in [-0.25, -0.2) is 4.99 Å². The average molecular weight is 714 g/mol. The Labute approximate surface area is 311 Å². The molecule has 3 N–H and O–H groups in total. The Hall–Kier alpha value is -5.34. The van der Waals surface area contributed by atoms with E-state index in [1.54, 1.807) is 24.3 Å². The highest BCUT2D eigenvalue weighted by Crippen LogP contribution is 2.34. The van der Waals surface area contributed by atoms with Crippen LogP contribution in [-0.2, 0) is 0 Å². The summed E-state index contributed by atoms with van der Waals surface area (Å²) < 4.78 is 0.809. The summed E-state index contributed by atoms with van der Waals surface area (Å²) in [5.74, 6) is 0.737. The smallest absolute Gasteiger partial charge is 0.255 e. The van der Waals surface area contributed by atoms with Crippen molar-refractivity contribution in [2.45, 2.75) is 79.1 Å². The molecule has 0 aliphatic rings. The van der Waals surface area contributed by atoms with Gasteiger partial charge < -0.3 is 15.8 Å². The molecule has 1 aromatic heterocycles. The van der Waals surface area contributed by atoms with Crippen molar-refractivity contribution in [1.29, 1.82) is 0 Å². The lowest BCUT2D eigenvalue weighted by molar-refractivity contribution is -0.354. The molecule has 0 unspecified atom stereocenters. The third-order valence-electron chi connectivity index (χ3n) is 9.03. The predicted molar refractivity (Wildman–Crippen MR) is 217 cm³/mol. The van der Waals surface area contributed by atoms with Gasteiger partial charge in [0, 0.05) is 46.8 Å². The molecule has 5 rings (SSSR count). The summed E-state index contributed by atoms with van der Waals surface area (Å²) in [6.07, 6.45) is 3.40. The summed E-state index contributed by atoms with van der Waals surface area (Å²) in [5, 5.41) is 19.3. The van der Waals surface area contributed by atoms with Gasteiger partial charge in [-0.2, -0.15) is 4.74 Å². The van der Waals surface area contributed by atoms with Gasteiger partial charge in [-0.15, -0.1) is 11.3 Å². The fraction of sp³-hybridized carbons (Fsp3) is 0.273. The van der Waals surface area contributed by atoms with Crippen molar-refractivity contribution >= 4 is 58.3 Å². The Morgan fingerprint density at radius 3 is 1.42 bits per heavy atom. The molecule has 5 aromatic rings. The van der Waals surface area contributed by atoms with Crippen LogP contribution in [0.5, 0.6) is 0 Å². The number of carbonyl (C=O) groups is 2. The molecule has 4 aromatic carbocycles. The quantitative estimate of drug-likeness (QED) is 0.0520. The highest BCUT2D eigenvalue weighted by atomic mass is 32.1. The minimum atomic E-state index is -0.209. The lowest BCUT2D eigenvalue weighted by Gasteiger charge is -2.20. The summed E-state index contributed by atoms with van der Waals surface area (Å²) in [6.45, 7) is 17.0. The third kappa shape index (κ3) is 9.11. The van der Waals surface area contributed by atoms with Gasteiger partial charge in [-0.1, -0.05) is 91.8 Å². The van der Waals surface area contributed by atoms with Crippen LogP contribution in [0.3, 0.4) is 0 Å². The summed E-state index contributed by atoms with van der Waals surface area (Å²) in [7, 11) is 0.